The number of carbonyl (C=O) groups is 1. The minimum Gasteiger partial charge on any atom is -0.290 e. The Hall–Kier alpha value is -1.40. The fraction of sp³-hybridized carbons (Fsp3) is 0.125. The molecule has 16 heavy (non-hydrogen) atoms. The van der Waals surface area contributed by atoms with Gasteiger partial charge in [0.05, 0.1) is 5.02 Å². The maximum atomic E-state index is 12.4. The van der Waals surface area contributed by atoms with Crippen LogP contribution in [0, 0.1) is 0 Å². The molecule has 5 nitrogen and oxygen atoms in total. The average Bonchev–Trinajstić information content (AvgIpc) is 2.58. The number of hydrogen-bond acceptors (Lipinski definition) is 3. The van der Waals surface area contributed by atoms with Crippen molar-refractivity contribution in [2.24, 2.45) is 0 Å². The fourth-order valence-electron chi connectivity index (χ4n) is 1.08. The quantitative estimate of drug-likeness (QED) is 0.841. The van der Waals surface area contributed by atoms with E-state index in [2.05, 4.69) is 15.4 Å². The van der Waals surface area contributed by atoms with E-state index in [1.165, 1.54) is 10.7 Å². The van der Waals surface area contributed by atoms with Gasteiger partial charge in [-0.05, 0) is 12.1 Å². The number of anilines is 1. The van der Waals surface area contributed by atoms with Crippen LogP contribution in [0.25, 0.3) is 5.65 Å². The molecule has 0 saturated heterocycles. The van der Waals surface area contributed by atoms with Crippen molar-refractivity contribution in [3.8, 4) is 0 Å². The lowest BCUT2D eigenvalue weighted by Gasteiger charge is -1.97. The number of aromatic nitrogens is 3. The molecule has 0 aromatic carbocycles. The van der Waals surface area contributed by atoms with Crippen molar-refractivity contribution in [1.82, 2.24) is 14.6 Å². The molecule has 0 spiro atoms. The molecule has 2 heterocycles. The summed E-state index contributed by atoms with van der Waals surface area (Å²) < 4.78 is 13.7. The Morgan fingerprint density at radius 3 is 3.00 bits per heavy atom. The summed E-state index contributed by atoms with van der Waals surface area (Å²) in [6.07, 6.45) is 1.51. The van der Waals surface area contributed by atoms with Gasteiger partial charge >= 0.3 is 0 Å². The van der Waals surface area contributed by atoms with Crippen LogP contribution < -0.4 is 5.32 Å². The predicted octanol–water partition coefficient (Wildman–Crippen LogP) is 1.86. The van der Waals surface area contributed by atoms with Crippen LogP contribution in [0.1, 0.15) is 0 Å². The van der Waals surface area contributed by atoms with Gasteiger partial charge in [0, 0.05) is 6.20 Å². The largest absolute Gasteiger partial charge is 0.290 e. The number of nitrogens with zero attached hydrogens (tertiary/aromatic N) is 3. The summed E-state index contributed by atoms with van der Waals surface area (Å²) in [5, 5.41) is 6.45. The van der Waals surface area contributed by atoms with Crippen molar-refractivity contribution in [1.29, 1.82) is 0 Å². The molecule has 2 rings (SSSR count). The molecule has 84 valence electrons. The number of alkyl halides is 2. The molecule has 1 amide bonds. The first-order chi connectivity index (χ1) is 7.56. The Bertz CT molecular complexity index is 542. The summed E-state index contributed by atoms with van der Waals surface area (Å²) in [4.78, 5) is 14.8. The van der Waals surface area contributed by atoms with Crippen molar-refractivity contribution in [2.75, 3.05) is 5.32 Å². The Balaban J connectivity index is 2.29. The van der Waals surface area contributed by atoms with Crippen LogP contribution in [0.5, 0.6) is 0 Å². The Kier molecular flexibility index (Phi) is 2.93. The molecule has 2 aromatic rings. The molecule has 1 N–H and O–H groups in total. The van der Waals surface area contributed by atoms with Crippen LogP contribution in [0.4, 0.5) is 10.3 Å². The van der Waals surface area contributed by atoms with E-state index in [1.807, 2.05) is 0 Å². The first-order valence-electron chi connectivity index (χ1n) is 4.17. The second-order valence-corrected chi connectivity index (χ2v) is 3.70. The zero-order chi connectivity index (χ0) is 11.7. The molecular weight excluding hydrogens is 258 g/mol. The van der Waals surface area contributed by atoms with Crippen molar-refractivity contribution >= 4 is 40.7 Å². The van der Waals surface area contributed by atoms with E-state index in [0.717, 1.165) is 0 Å². The highest BCUT2D eigenvalue weighted by Gasteiger charge is 2.15. The number of halogens is 3. The van der Waals surface area contributed by atoms with Gasteiger partial charge in [0.1, 0.15) is 0 Å². The Morgan fingerprint density at radius 1 is 1.56 bits per heavy atom. The average molecular weight is 263 g/mol. The monoisotopic (exact) mass is 262 g/mol. The molecule has 0 aliphatic heterocycles. The number of fused-ring (bicyclic) bond motifs is 1. The second kappa shape index (κ2) is 4.23. The van der Waals surface area contributed by atoms with Crippen LogP contribution in [0.3, 0.4) is 0 Å². The van der Waals surface area contributed by atoms with E-state index in [-0.39, 0.29) is 5.95 Å². The molecule has 8 heteroatoms. The van der Waals surface area contributed by atoms with Gasteiger partial charge in [-0.15, -0.1) is 5.10 Å². The minimum absolute atomic E-state index is 0.0319. The minimum atomic E-state index is -2.13. The van der Waals surface area contributed by atoms with E-state index >= 15 is 0 Å². The number of nitrogens with one attached hydrogen (secondary N) is 1. The first kappa shape index (κ1) is 11.1. The van der Waals surface area contributed by atoms with Gasteiger partial charge in [-0.3, -0.25) is 10.1 Å². The Morgan fingerprint density at radius 2 is 2.31 bits per heavy atom. The molecular formula is C8H5Cl2FN4O. The first-order valence-corrected chi connectivity index (χ1v) is 4.98. The van der Waals surface area contributed by atoms with Crippen molar-refractivity contribution in [3.05, 3.63) is 23.4 Å². The van der Waals surface area contributed by atoms with Gasteiger partial charge in [0.25, 0.3) is 11.5 Å². The maximum Gasteiger partial charge on any atom is 0.276 e. The van der Waals surface area contributed by atoms with Gasteiger partial charge < -0.3 is 0 Å². The lowest BCUT2D eigenvalue weighted by Crippen LogP contribution is -2.20. The molecule has 0 aliphatic rings. The smallest absolute Gasteiger partial charge is 0.276 e. The number of amides is 1. The SMILES string of the molecule is O=C(Nc1nc2ccc(Cl)cn2n1)C(F)Cl. The van der Waals surface area contributed by atoms with Crippen molar-refractivity contribution in [2.45, 2.75) is 5.63 Å². The van der Waals surface area contributed by atoms with E-state index in [1.54, 1.807) is 12.1 Å². The van der Waals surface area contributed by atoms with E-state index in [4.69, 9.17) is 23.2 Å². The van der Waals surface area contributed by atoms with Crippen LogP contribution >= 0.6 is 23.2 Å². The topological polar surface area (TPSA) is 59.3 Å². The summed E-state index contributed by atoms with van der Waals surface area (Å²) in [7, 11) is 0. The Labute approximate surface area is 99.2 Å². The highest BCUT2D eigenvalue weighted by Crippen LogP contribution is 2.12. The van der Waals surface area contributed by atoms with Crippen molar-refractivity contribution in [3.63, 3.8) is 0 Å². The third kappa shape index (κ3) is 2.23. The highest BCUT2D eigenvalue weighted by molar-refractivity contribution is 6.31. The van der Waals surface area contributed by atoms with Crippen LogP contribution in [0.2, 0.25) is 5.02 Å². The number of carbonyl (C=O) groups excluding carboxylic acids is 1. The number of pyridine rings is 1. The molecule has 2 aromatic heterocycles. The number of rotatable bonds is 2. The third-order valence-corrected chi connectivity index (χ3v) is 2.15. The van der Waals surface area contributed by atoms with Crippen LogP contribution in [-0.4, -0.2) is 26.1 Å². The summed E-state index contributed by atoms with van der Waals surface area (Å²) in [6.45, 7) is 0. The molecule has 0 saturated carbocycles. The van der Waals surface area contributed by atoms with E-state index < -0.39 is 11.5 Å². The molecule has 1 unspecified atom stereocenters. The van der Waals surface area contributed by atoms with Crippen LogP contribution in [0.15, 0.2) is 18.3 Å². The highest BCUT2D eigenvalue weighted by atomic mass is 35.5. The van der Waals surface area contributed by atoms with Gasteiger partial charge in [-0.2, -0.15) is 4.98 Å². The van der Waals surface area contributed by atoms with Crippen LogP contribution in [-0.2, 0) is 4.79 Å². The lowest BCUT2D eigenvalue weighted by atomic mass is 10.5. The zero-order valence-corrected chi connectivity index (χ0v) is 9.21. The van der Waals surface area contributed by atoms with E-state index in [0.29, 0.717) is 10.7 Å². The van der Waals surface area contributed by atoms with Gasteiger partial charge in [-0.1, -0.05) is 23.2 Å². The summed E-state index contributed by atoms with van der Waals surface area (Å²) in [5.41, 5.74) is -1.65. The van der Waals surface area contributed by atoms with Gasteiger partial charge in [-0.25, -0.2) is 8.91 Å². The second-order valence-electron chi connectivity index (χ2n) is 2.88. The zero-order valence-electron chi connectivity index (χ0n) is 7.69. The summed E-state index contributed by atoms with van der Waals surface area (Å²) >= 11 is 10.7. The fourth-order valence-corrected chi connectivity index (χ4v) is 1.29. The standard InChI is InChI=1S/C8H5Cl2FN4O/c9-4-1-2-5-12-8(14-15(5)3-4)13-7(16)6(10)11/h1-3,6H,(H,13,14,16). The van der Waals surface area contributed by atoms with Crippen molar-refractivity contribution < 1.29 is 9.18 Å². The normalized spacial score (nSPS) is 12.7. The summed E-state index contributed by atoms with van der Waals surface area (Å²) in [5.74, 6) is -1.04. The molecule has 0 aliphatic carbocycles. The number of hydrogen-bond donors (Lipinski definition) is 1. The molecule has 0 fully saturated rings. The van der Waals surface area contributed by atoms with E-state index in [9.17, 15) is 9.18 Å². The molecule has 1 atom stereocenters. The third-order valence-electron chi connectivity index (χ3n) is 1.73. The lowest BCUT2D eigenvalue weighted by molar-refractivity contribution is -0.118. The molecule has 0 radical (unpaired) electrons. The van der Waals surface area contributed by atoms with Gasteiger partial charge in [0.2, 0.25) is 5.95 Å². The molecule has 0 bridgehead atoms. The predicted molar refractivity (Wildman–Crippen MR) is 57.4 cm³/mol. The maximum absolute atomic E-state index is 12.4. The van der Waals surface area contributed by atoms with Gasteiger partial charge in [0.15, 0.2) is 5.65 Å². The summed E-state index contributed by atoms with van der Waals surface area (Å²) in [6, 6.07) is 3.23.